The Morgan fingerprint density at radius 2 is 0.818 bits per heavy atom. The maximum Gasteiger partial charge on any atom is 0.202 e. The summed E-state index contributed by atoms with van der Waals surface area (Å²) in [5.41, 5.74) is -2.69. The van der Waals surface area contributed by atoms with Gasteiger partial charge in [0.25, 0.3) is 0 Å². The van der Waals surface area contributed by atoms with Crippen LogP contribution in [-0.4, -0.2) is 42.2 Å². The fraction of sp³-hybridized carbons (Fsp3) is 0. The van der Waals surface area contributed by atoms with Gasteiger partial charge in [0.1, 0.15) is 11.5 Å². The van der Waals surface area contributed by atoms with Crippen molar-refractivity contribution in [2.75, 3.05) is 0 Å². The highest BCUT2D eigenvalue weighted by atomic mass is 16.3. The number of hydrogen-bond acceptors (Lipinski definition) is 8. The van der Waals surface area contributed by atoms with Crippen molar-refractivity contribution in [2.24, 2.45) is 0 Å². The Kier molecular flexibility index (Phi) is 2.49. The molecule has 0 bridgehead atoms. The zero-order chi connectivity index (χ0) is 16.3. The van der Waals surface area contributed by atoms with Gasteiger partial charge in [-0.05, 0) is 0 Å². The number of fused-ring (bicyclic) bond motifs is 2. The lowest BCUT2D eigenvalue weighted by molar-refractivity contribution is 0.0968. The minimum absolute atomic E-state index is 0.617. The van der Waals surface area contributed by atoms with Crippen molar-refractivity contribution in [3.05, 3.63) is 34.4 Å². The zero-order valence-corrected chi connectivity index (χ0v) is 10.7. The van der Waals surface area contributed by atoms with Gasteiger partial charge >= 0.3 is 0 Å². The highest BCUT2D eigenvalue weighted by molar-refractivity contribution is 6.32. The molecular formula is C14H8O8. The first-order valence-electron chi connectivity index (χ1n) is 5.90. The van der Waals surface area contributed by atoms with E-state index in [4.69, 9.17) is 0 Å². The van der Waals surface area contributed by atoms with Crippen molar-refractivity contribution >= 4 is 11.6 Å². The molecule has 1 aliphatic carbocycles. The lowest BCUT2D eigenvalue weighted by Gasteiger charge is -2.21. The van der Waals surface area contributed by atoms with Gasteiger partial charge in [0, 0.05) is 12.1 Å². The highest BCUT2D eigenvalue weighted by Crippen LogP contribution is 2.48. The van der Waals surface area contributed by atoms with Crippen molar-refractivity contribution in [1.82, 2.24) is 0 Å². The maximum atomic E-state index is 12.4. The molecule has 8 nitrogen and oxygen atoms in total. The second-order valence-electron chi connectivity index (χ2n) is 4.69. The second-order valence-corrected chi connectivity index (χ2v) is 4.69. The van der Waals surface area contributed by atoms with E-state index in [9.17, 15) is 40.2 Å². The van der Waals surface area contributed by atoms with Crippen molar-refractivity contribution < 1.29 is 40.2 Å². The summed E-state index contributed by atoms with van der Waals surface area (Å²) < 4.78 is 0. The molecule has 0 saturated carbocycles. The van der Waals surface area contributed by atoms with Crippen LogP contribution in [0.2, 0.25) is 0 Å². The minimum Gasteiger partial charge on any atom is -0.507 e. The summed E-state index contributed by atoms with van der Waals surface area (Å²) in [6, 6.07) is 1.34. The Bertz CT molecular complexity index is 812. The van der Waals surface area contributed by atoms with Gasteiger partial charge in [-0.2, -0.15) is 0 Å². The number of rotatable bonds is 0. The standard InChI is InChI=1S/C14H8O8/c15-3-1-5(17)11(19)9-7(3)13(21)8-4(16)2-6(18)12(20)10(8)14(9)22/h1-2,15-20H. The van der Waals surface area contributed by atoms with E-state index in [1.807, 2.05) is 0 Å². The number of phenols is 6. The topological polar surface area (TPSA) is 156 Å². The molecule has 0 atom stereocenters. The third kappa shape index (κ3) is 1.46. The van der Waals surface area contributed by atoms with E-state index in [0.29, 0.717) is 12.1 Å². The van der Waals surface area contributed by atoms with Gasteiger partial charge in [-0.3, -0.25) is 9.59 Å². The molecule has 8 heteroatoms. The third-order valence-corrected chi connectivity index (χ3v) is 3.43. The summed E-state index contributed by atoms with van der Waals surface area (Å²) in [5, 5.41) is 57.9. The van der Waals surface area contributed by atoms with Gasteiger partial charge in [-0.1, -0.05) is 0 Å². The van der Waals surface area contributed by atoms with Gasteiger partial charge in [0.15, 0.2) is 23.0 Å². The molecule has 0 aromatic heterocycles. The summed E-state index contributed by atoms with van der Waals surface area (Å²) in [4.78, 5) is 24.8. The summed E-state index contributed by atoms with van der Waals surface area (Å²) in [6.45, 7) is 0. The largest absolute Gasteiger partial charge is 0.507 e. The van der Waals surface area contributed by atoms with Crippen LogP contribution in [0.4, 0.5) is 0 Å². The molecule has 0 unspecified atom stereocenters. The molecule has 3 rings (SSSR count). The van der Waals surface area contributed by atoms with Crippen LogP contribution in [0.15, 0.2) is 12.1 Å². The molecule has 2 aromatic carbocycles. The molecule has 1 aliphatic rings. The smallest absolute Gasteiger partial charge is 0.202 e. The molecule has 22 heavy (non-hydrogen) atoms. The van der Waals surface area contributed by atoms with E-state index in [0.717, 1.165) is 0 Å². The van der Waals surface area contributed by atoms with E-state index in [1.165, 1.54) is 0 Å². The fourth-order valence-electron chi connectivity index (χ4n) is 2.44. The van der Waals surface area contributed by atoms with Crippen LogP contribution >= 0.6 is 0 Å². The molecule has 0 aliphatic heterocycles. The van der Waals surface area contributed by atoms with E-state index < -0.39 is 68.3 Å². The first-order chi connectivity index (χ1) is 10.3. The summed E-state index contributed by atoms with van der Waals surface area (Å²) in [5.74, 6) is -7.35. The molecule has 0 radical (unpaired) electrons. The monoisotopic (exact) mass is 304 g/mol. The molecule has 0 saturated heterocycles. The average Bonchev–Trinajstić information content (AvgIpc) is 2.44. The SMILES string of the molecule is O=C1c2c(O)cc(O)c(O)c2C(=O)c2c(O)c(O)cc(O)c21. The van der Waals surface area contributed by atoms with E-state index in [2.05, 4.69) is 0 Å². The third-order valence-electron chi connectivity index (χ3n) is 3.43. The number of ketones is 2. The molecule has 0 fully saturated rings. The van der Waals surface area contributed by atoms with Crippen molar-refractivity contribution in [2.45, 2.75) is 0 Å². The predicted molar refractivity (Wildman–Crippen MR) is 69.7 cm³/mol. The van der Waals surface area contributed by atoms with E-state index in [-0.39, 0.29) is 0 Å². The molecular weight excluding hydrogens is 296 g/mol. The Hall–Kier alpha value is -3.42. The van der Waals surface area contributed by atoms with E-state index >= 15 is 0 Å². The lowest BCUT2D eigenvalue weighted by atomic mass is 9.81. The Morgan fingerprint density at radius 1 is 0.500 bits per heavy atom. The average molecular weight is 304 g/mol. The number of carbonyl (C=O) groups excluding carboxylic acids is 2. The van der Waals surface area contributed by atoms with Crippen molar-refractivity contribution in [1.29, 1.82) is 0 Å². The van der Waals surface area contributed by atoms with Crippen LogP contribution in [0.1, 0.15) is 31.8 Å². The zero-order valence-electron chi connectivity index (χ0n) is 10.7. The maximum absolute atomic E-state index is 12.4. The molecule has 2 aromatic rings. The van der Waals surface area contributed by atoms with Crippen molar-refractivity contribution in [3.63, 3.8) is 0 Å². The van der Waals surface area contributed by atoms with Gasteiger partial charge in [-0.25, -0.2) is 0 Å². The number of benzene rings is 2. The van der Waals surface area contributed by atoms with Crippen LogP contribution in [0, 0.1) is 0 Å². The number of phenolic OH excluding ortho intramolecular Hbond substituents is 6. The van der Waals surface area contributed by atoms with Crippen LogP contribution in [0.3, 0.4) is 0 Å². The van der Waals surface area contributed by atoms with Gasteiger partial charge in [0.2, 0.25) is 11.6 Å². The number of carbonyl (C=O) groups is 2. The molecule has 0 spiro atoms. The van der Waals surface area contributed by atoms with Crippen LogP contribution in [0.5, 0.6) is 34.5 Å². The summed E-state index contributed by atoms with van der Waals surface area (Å²) >= 11 is 0. The molecule has 6 N–H and O–H groups in total. The predicted octanol–water partition coefficient (Wildman–Crippen LogP) is 0.696. The highest BCUT2D eigenvalue weighted by Gasteiger charge is 2.40. The van der Waals surface area contributed by atoms with Crippen molar-refractivity contribution in [3.8, 4) is 34.5 Å². The van der Waals surface area contributed by atoms with Crippen LogP contribution in [0.25, 0.3) is 0 Å². The Morgan fingerprint density at radius 3 is 1.18 bits per heavy atom. The van der Waals surface area contributed by atoms with E-state index in [1.54, 1.807) is 0 Å². The number of aromatic hydroxyl groups is 6. The van der Waals surface area contributed by atoms with Crippen LogP contribution < -0.4 is 0 Å². The summed E-state index contributed by atoms with van der Waals surface area (Å²) in [6.07, 6.45) is 0. The molecule has 0 heterocycles. The summed E-state index contributed by atoms with van der Waals surface area (Å²) in [7, 11) is 0. The Labute approximate surface area is 121 Å². The normalized spacial score (nSPS) is 12.9. The first-order valence-corrected chi connectivity index (χ1v) is 5.90. The Balaban J connectivity index is 2.49. The lowest BCUT2D eigenvalue weighted by Crippen LogP contribution is -2.21. The van der Waals surface area contributed by atoms with Crippen LogP contribution in [-0.2, 0) is 0 Å². The molecule has 112 valence electrons. The van der Waals surface area contributed by atoms with Gasteiger partial charge < -0.3 is 30.6 Å². The van der Waals surface area contributed by atoms with Gasteiger partial charge in [-0.15, -0.1) is 0 Å². The van der Waals surface area contributed by atoms with Gasteiger partial charge in [0.05, 0.1) is 22.3 Å². The fourth-order valence-corrected chi connectivity index (χ4v) is 2.44. The molecule has 0 amide bonds. The number of hydrogen-bond donors (Lipinski definition) is 6. The first kappa shape index (κ1) is 13.6. The minimum atomic E-state index is -1.14. The quantitative estimate of drug-likeness (QED) is 0.262. The second kappa shape index (κ2) is 4.04.